The van der Waals surface area contributed by atoms with E-state index in [1.807, 2.05) is 9.42 Å². The third-order valence-corrected chi connectivity index (χ3v) is 7.81. The van der Waals surface area contributed by atoms with Crippen molar-refractivity contribution in [1.82, 2.24) is 24.4 Å². The van der Waals surface area contributed by atoms with Gasteiger partial charge in [-0.2, -0.15) is 5.10 Å². The standard InChI is InChI=1S/C26H37N5O/c1-19-22(12-13-26(32)29-14-6-7-15-29)20(2)31-25(27-19)17-23(28-31)24-11-8-16-30(24)18-21-9-4-3-5-10-21/h3-4,17,21,24H,5-16,18H2,1-2H3. The van der Waals surface area contributed by atoms with Gasteiger partial charge >= 0.3 is 0 Å². The van der Waals surface area contributed by atoms with Crippen LogP contribution >= 0.6 is 0 Å². The maximum atomic E-state index is 12.6. The first-order chi connectivity index (χ1) is 15.6. The van der Waals surface area contributed by atoms with Crippen LogP contribution in [0.3, 0.4) is 0 Å². The number of likely N-dealkylation sites (tertiary alicyclic amines) is 2. The Morgan fingerprint density at radius 1 is 1.09 bits per heavy atom. The predicted molar refractivity (Wildman–Crippen MR) is 127 cm³/mol. The molecule has 0 spiro atoms. The second-order valence-electron chi connectivity index (χ2n) is 9.99. The number of allylic oxidation sites excluding steroid dienone is 2. The van der Waals surface area contributed by atoms with E-state index in [1.54, 1.807) is 0 Å². The largest absolute Gasteiger partial charge is 0.343 e. The average Bonchev–Trinajstić information content (AvgIpc) is 3.55. The first kappa shape index (κ1) is 21.6. The number of carbonyl (C=O) groups excluding carboxylic acids is 1. The molecule has 6 nitrogen and oxygen atoms in total. The van der Waals surface area contributed by atoms with Crippen molar-refractivity contribution in [1.29, 1.82) is 0 Å². The monoisotopic (exact) mass is 435 g/mol. The van der Waals surface area contributed by atoms with Crippen LogP contribution in [-0.4, -0.2) is 56.5 Å². The van der Waals surface area contributed by atoms with E-state index in [2.05, 4.69) is 37.0 Å². The molecule has 2 aromatic heterocycles. The molecule has 2 unspecified atom stereocenters. The second-order valence-corrected chi connectivity index (χ2v) is 9.99. The highest BCUT2D eigenvalue weighted by Crippen LogP contribution is 2.34. The molecule has 5 rings (SSSR count). The molecule has 3 aliphatic rings. The molecule has 0 bridgehead atoms. The Morgan fingerprint density at radius 2 is 1.94 bits per heavy atom. The van der Waals surface area contributed by atoms with E-state index in [0.29, 0.717) is 12.5 Å². The van der Waals surface area contributed by atoms with Crippen LogP contribution in [0.15, 0.2) is 18.2 Å². The smallest absolute Gasteiger partial charge is 0.222 e. The lowest BCUT2D eigenvalue weighted by Gasteiger charge is -2.28. The summed E-state index contributed by atoms with van der Waals surface area (Å²) in [6.45, 7) is 8.41. The van der Waals surface area contributed by atoms with Gasteiger partial charge in [0, 0.05) is 43.5 Å². The van der Waals surface area contributed by atoms with Gasteiger partial charge in [-0.25, -0.2) is 9.50 Å². The van der Waals surface area contributed by atoms with E-state index >= 15 is 0 Å². The Morgan fingerprint density at radius 3 is 2.72 bits per heavy atom. The van der Waals surface area contributed by atoms with Gasteiger partial charge in [-0.1, -0.05) is 12.2 Å². The van der Waals surface area contributed by atoms with Crippen LogP contribution < -0.4 is 0 Å². The lowest BCUT2D eigenvalue weighted by molar-refractivity contribution is -0.130. The number of nitrogens with zero attached hydrogens (tertiary/aromatic N) is 5. The van der Waals surface area contributed by atoms with Gasteiger partial charge in [0.1, 0.15) is 0 Å². The van der Waals surface area contributed by atoms with Crippen molar-refractivity contribution in [2.24, 2.45) is 5.92 Å². The van der Waals surface area contributed by atoms with E-state index in [1.165, 1.54) is 50.8 Å². The van der Waals surface area contributed by atoms with Crippen molar-refractivity contribution in [2.75, 3.05) is 26.2 Å². The summed E-state index contributed by atoms with van der Waals surface area (Å²) < 4.78 is 2.03. The van der Waals surface area contributed by atoms with Crippen LogP contribution in [0.2, 0.25) is 0 Å². The maximum Gasteiger partial charge on any atom is 0.222 e. The number of aromatic nitrogens is 3. The molecular formula is C26H37N5O. The third kappa shape index (κ3) is 4.34. The van der Waals surface area contributed by atoms with Gasteiger partial charge in [-0.05, 0) is 83.2 Å². The highest BCUT2D eigenvalue weighted by atomic mass is 16.2. The number of aryl methyl sites for hydroxylation is 2. The minimum absolute atomic E-state index is 0.279. The van der Waals surface area contributed by atoms with Crippen LogP contribution in [0.1, 0.15) is 80.1 Å². The summed E-state index contributed by atoms with van der Waals surface area (Å²) in [5, 5.41) is 5.05. The van der Waals surface area contributed by atoms with E-state index in [4.69, 9.17) is 10.1 Å². The van der Waals surface area contributed by atoms with Gasteiger partial charge in [0.25, 0.3) is 0 Å². The van der Waals surface area contributed by atoms with Gasteiger partial charge in [0.05, 0.1) is 11.7 Å². The quantitative estimate of drug-likeness (QED) is 0.632. The van der Waals surface area contributed by atoms with Gasteiger partial charge in [-0.3, -0.25) is 9.69 Å². The predicted octanol–water partition coefficient (Wildman–Crippen LogP) is 4.39. The number of fused-ring (bicyclic) bond motifs is 1. The van der Waals surface area contributed by atoms with Crippen molar-refractivity contribution < 1.29 is 4.79 Å². The van der Waals surface area contributed by atoms with Crippen LogP contribution in [0.25, 0.3) is 5.65 Å². The average molecular weight is 436 g/mol. The lowest BCUT2D eigenvalue weighted by atomic mass is 9.93. The molecule has 1 amide bonds. The number of amides is 1. The molecule has 1 aliphatic carbocycles. The first-order valence-electron chi connectivity index (χ1n) is 12.6. The van der Waals surface area contributed by atoms with E-state index in [-0.39, 0.29) is 5.91 Å². The fourth-order valence-corrected chi connectivity index (χ4v) is 5.96. The van der Waals surface area contributed by atoms with Gasteiger partial charge in [0.2, 0.25) is 5.91 Å². The van der Waals surface area contributed by atoms with Crippen molar-refractivity contribution >= 4 is 11.6 Å². The van der Waals surface area contributed by atoms with Crippen LogP contribution in [-0.2, 0) is 11.2 Å². The highest BCUT2D eigenvalue weighted by molar-refractivity contribution is 5.76. The first-order valence-corrected chi connectivity index (χ1v) is 12.6. The molecule has 6 heteroatoms. The summed E-state index contributed by atoms with van der Waals surface area (Å²) in [6.07, 6.45) is 14.5. The molecule has 0 saturated carbocycles. The van der Waals surface area contributed by atoms with E-state index in [9.17, 15) is 4.79 Å². The molecule has 172 valence electrons. The molecule has 2 aromatic rings. The third-order valence-electron chi connectivity index (χ3n) is 7.81. The molecule has 0 N–H and O–H groups in total. The van der Waals surface area contributed by atoms with Crippen LogP contribution in [0.5, 0.6) is 0 Å². The maximum absolute atomic E-state index is 12.6. The zero-order chi connectivity index (χ0) is 22.1. The minimum Gasteiger partial charge on any atom is -0.343 e. The Hall–Kier alpha value is -2.21. The number of rotatable bonds is 6. The molecule has 2 saturated heterocycles. The Kier molecular flexibility index (Phi) is 6.31. The zero-order valence-corrected chi connectivity index (χ0v) is 19.7. The molecule has 4 heterocycles. The van der Waals surface area contributed by atoms with Gasteiger partial charge in [-0.15, -0.1) is 0 Å². The summed E-state index contributed by atoms with van der Waals surface area (Å²) in [4.78, 5) is 22.1. The van der Waals surface area contributed by atoms with Crippen molar-refractivity contribution in [3.8, 4) is 0 Å². The minimum atomic E-state index is 0.279. The number of hydrogen-bond acceptors (Lipinski definition) is 4. The molecule has 2 aliphatic heterocycles. The molecule has 0 radical (unpaired) electrons. The van der Waals surface area contributed by atoms with Crippen LogP contribution in [0, 0.1) is 19.8 Å². The topological polar surface area (TPSA) is 53.7 Å². The van der Waals surface area contributed by atoms with Gasteiger partial charge < -0.3 is 4.90 Å². The number of hydrogen-bond donors (Lipinski definition) is 0. The summed E-state index contributed by atoms with van der Waals surface area (Å²) >= 11 is 0. The van der Waals surface area contributed by atoms with Crippen molar-refractivity contribution in [2.45, 2.75) is 77.7 Å². The molecule has 0 aromatic carbocycles. The summed E-state index contributed by atoms with van der Waals surface area (Å²) in [6, 6.07) is 2.60. The summed E-state index contributed by atoms with van der Waals surface area (Å²) in [5.74, 6) is 1.06. The Bertz CT molecular complexity index is 1000. The SMILES string of the molecule is Cc1nc2cc(C3CCCN3CC3CC=CCC3)nn2c(C)c1CCC(=O)N1CCCC1. The second kappa shape index (κ2) is 9.34. The van der Waals surface area contributed by atoms with Crippen LogP contribution in [0.4, 0.5) is 0 Å². The molecule has 32 heavy (non-hydrogen) atoms. The highest BCUT2D eigenvalue weighted by Gasteiger charge is 2.30. The fourth-order valence-electron chi connectivity index (χ4n) is 5.96. The molecular weight excluding hydrogens is 398 g/mol. The molecule has 2 atom stereocenters. The lowest BCUT2D eigenvalue weighted by Crippen LogP contribution is -2.30. The van der Waals surface area contributed by atoms with E-state index in [0.717, 1.165) is 61.0 Å². The van der Waals surface area contributed by atoms with Gasteiger partial charge in [0.15, 0.2) is 5.65 Å². The normalized spacial score (nSPS) is 24.1. The Balaban J connectivity index is 1.33. The number of carbonyl (C=O) groups is 1. The molecule has 2 fully saturated rings. The Labute approximate surface area is 191 Å². The zero-order valence-electron chi connectivity index (χ0n) is 19.7. The van der Waals surface area contributed by atoms with Crippen molar-refractivity contribution in [3.05, 3.63) is 40.9 Å². The van der Waals surface area contributed by atoms with Crippen molar-refractivity contribution in [3.63, 3.8) is 0 Å². The van der Waals surface area contributed by atoms with E-state index < -0.39 is 0 Å². The summed E-state index contributed by atoms with van der Waals surface area (Å²) in [5.41, 5.74) is 5.45. The summed E-state index contributed by atoms with van der Waals surface area (Å²) in [7, 11) is 0. The fraction of sp³-hybridized carbons (Fsp3) is 0.654.